The second kappa shape index (κ2) is 35.4. The van der Waals surface area contributed by atoms with Gasteiger partial charge in [0.05, 0.1) is 66.7 Å². The minimum atomic E-state index is -5.30. The van der Waals surface area contributed by atoms with Crippen molar-refractivity contribution in [1.82, 2.24) is 5.32 Å². The summed E-state index contributed by atoms with van der Waals surface area (Å²) in [5.41, 5.74) is 7.26. The van der Waals surface area contributed by atoms with Crippen molar-refractivity contribution in [3.8, 4) is 5.75 Å². The first-order chi connectivity index (χ1) is 50.2. The highest BCUT2D eigenvalue weighted by Gasteiger charge is 2.45. The molecule has 0 spiro atoms. The van der Waals surface area contributed by atoms with E-state index in [-0.39, 0.29) is 82.4 Å². The molecule has 1 atom stereocenters. The highest BCUT2D eigenvalue weighted by atomic mass is 32.2. The number of carboxylic acid groups (broad SMARTS) is 1. The van der Waals surface area contributed by atoms with Gasteiger partial charge in [-0.15, -0.1) is 0 Å². The normalized spacial score (nSPS) is 16.3. The van der Waals surface area contributed by atoms with Crippen LogP contribution < -0.4 is 25.4 Å². The molecule has 2 heterocycles. The van der Waals surface area contributed by atoms with Crippen molar-refractivity contribution in [3.05, 3.63) is 226 Å². The summed E-state index contributed by atoms with van der Waals surface area (Å²) < 4.78 is 186. The number of hydrogen-bond acceptors (Lipinski definition) is 16. The molecule has 106 heavy (non-hydrogen) atoms. The van der Waals surface area contributed by atoms with Crippen LogP contribution in [-0.4, -0.2) is 139 Å². The number of nitrogens with zero attached hydrogens (tertiary/aromatic N) is 2. The SMILES string of the molecule is CC1(C)C(=CC=C2CCCC(C=CC3=[N+](CCCCS(=O)(=O)O)c4ccccc4C3(C)C)=C2Oc2ccc(C[C@H](CC(=O)CCOCCOCCNC(=O)CCS(=O)(=O)c3c(F)c(F)c(S(N)(=O)=O)c(F)c3NC(c3ccccc3)c3ccccc3)C(=O)O)cc2)N(CCCCS(=O)(=O)O)c2ccccc21. The molecule has 22 nitrogen and oxygen atoms in total. The number of ketones is 1. The molecule has 0 saturated carbocycles. The Kier molecular flexibility index (Phi) is 27.2. The summed E-state index contributed by atoms with van der Waals surface area (Å²) in [6, 6.07) is 38.2. The van der Waals surface area contributed by atoms with Gasteiger partial charge in [0.25, 0.3) is 20.2 Å². The fourth-order valence-electron chi connectivity index (χ4n) is 13.6. The minimum absolute atomic E-state index is 0.000666. The fraction of sp³-hybridized carbons (Fsp3) is 0.377. The van der Waals surface area contributed by atoms with E-state index in [0.29, 0.717) is 67.0 Å². The van der Waals surface area contributed by atoms with E-state index in [0.717, 1.165) is 51.5 Å². The number of benzene rings is 6. The number of carboxylic acids is 1. The molecule has 1 aliphatic carbocycles. The van der Waals surface area contributed by atoms with Gasteiger partial charge >= 0.3 is 5.97 Å². The monoisotopic (exact) mass is 1540 g/mol. The van der Waals surface area contributed by atoms with E-state index in [1.165, 1.54) is 0 Å². The molecule has 0 bridgehead atoms. The van der Waals surface area contributed by atoms with Gasteiger partial charge in [0.15, 0.2) is 37.9 Å². The number of carbonyl (C=O) groups is 3. The fourth-order valence-corrected chi connectivity index (χ4v) is 16.9. The largest absolute Gasteiger partial charge is 0.481 e. The molecule has 0 fully saturated rings. The van der Waals surface area contributed by atoms with Crippen LogP contribution in [0.2, 0.25) is 0 Å². The highest BCUT2D eigenvalue weighted by Crippen LogP contribution is 2.49. The maximum atomic E-state index is 16.2. The zero-order valence-corrected chi connectivity index (χ0v) is 62.6. The number of sulfonamides is 1. The number of allylic oxidation sites excluding steroid dienone is 7. The Labute approximate surface area is 617 Å². The predicted octanol–water partition coefficient (Wildman–Crippen LogP) is 12.0. The summed E-state index contributed by atoms with van der Waals surface area (Å²) in [6.45, 7) is 9.23. The quantitative estimate of drug-likeness (QED) is 0.00907. The molecule has 29 heteroatoms. The van der Waals surface area contributed by atoms with Gasteiger partial charge in [0, 0.05) is 73.3 Å². The molecule has 1 amide bonds. The number of unbranched alkanes of at least 4 members (excludes halogenated alkanes) is 2. The number of para-hydroxylation sites is 2. The van der Waals surface area contributed by atoms with Crippen LogP contribution in [0, 0.1) is 23.4 Å². The van der Waals surface area contributed by atoms with Gasteiger partial charge in [-0.05, 0) is 123 Å². The summed E-state index contributed by atoms with van der Waals surface area (Å²) >= 11 is 0. The molecule has 568 valence electrons. The first-order valence-electron chi connectivity index (χ1n) is 34.8. The Morgan fingerprint density at radius 1 is 0.651 bits per heavy atom. The molecule has 0 aromatic heterocycles. The number of hydrogen-bond donors (Lipinski definition) is 6. The first kappa shape index (κ1) is 81.4. The molecular weight excluding hydrogens is 1450 g/mol. The molecule has 7 N–H and O–H groups in total. The van der Waals surface area contributed by atoms with Gasteiger partial charge in [0.1, 0.15) is 28.7 Å². The molecule has 3 aliphatic rings. The van der Waals surface area contributed by atoms with Crippen molar-refractivity contribution in [3.63, 3.8) is 0 Å². The number of carbonyl (C=O) groups excluding carboxylic acids is 2. The van der Waals surface area contributed by atoms with Gasteiger partial charge < -0.3 is 34.9 Å². The van der Waals surface area contributed by atoms with Crippen molar-refractivity contribution in [2.45, 2.75) is 125 Å². The number of ether oxygens (including phenoxy) is 3. The summed E-state index contributed by atoms with van der Waals surface area (Å²) in [5, 5.41) is 20.4. The molecule has 6 aromatic rings. The lowest BCUT2D eigenvalue weighted by Gasteiger charge is -2.27. The molecule has 2 aliphatic heterocycles. The number of amides is 1. The van der Waals surface area contributed by atoms with E-state index in [1.54, 1.807) is 84.9 Å². The van der Waals surface area contributed by atoms with Crippen molar-refractivity contribution in [2.24, 2.45) is 11.1 Å². The number of rotatable bonds is 38. The van der Waals surface area contributed by atoms with Crippen LogP contribution in [0.5, 0.6) is 5.75 Å². The second-order valence-electron chi connectivity index (χ2n) is 27.3. The topological polar surface area (TPSA) is 332 Å². The van der Waals surface area contributed by atoms with Gasteiger partial charge in [-0.3, -0.25) is 23.5 Å². The van der Waals surface area contributed by atoms with Crippen LogP contribution in [0.1, 0.15) is 126 Å². The third kappa shape index (κ3) is 20.9. The Morgan fingerprint density at radius 2 is 1.25 bits per heavy atom. The number of anilines is 2. The van der Waals surface area contributed by atoms with Gasteiger partial charge in [-0.25, -0.2) is 35.1 Å². The average molecular weight is 1540 g/mol. The Bertz CT molecular complexity index is 4820. The van der Waals surface area contributed by atoms with Crippen LogP contribution in [0.15, 0.2) is 190 Å². The third-order valence-electron chi connectivity index (χ3n) is 18.9. The van der Waals surface area contributed by atoms with E-state index in [9.17, 15) is 62.3 Å². The number of halogens is 3. The van der Waals surface area contributed by atoms with Gasteiger partial charge in [-0.2, -0.15) is 21.4 Å². The molecular formula is C77H89F3N5O17S4+. The van der Waals surface area contributed by atoms with Crippen LogP contribution in [0.3, 0.4) is 0 Å². The number of aliphatic carboxylic acids is 1. The smallest absolute Gasteiger partial charge is 0.307 e. The number of nitrogens with one attached hydrogen (secondary N) is 2. The molecule has 6 aromatic carbocycles. The standard InChI is InChI=1S/C77H88F3N5O17S4/c1-76(2)60-26-11-13-28-62(60)84(41-15-17-47-104(92,93)94)64(76)36-32-55-24-19-25-56(33-37-65-77(3,4)61-27-12-14-29-63(61)85(65)42-16-18-48-105(95,96)97)72(55)102-59-34-30-52(31-35-59)50-57(75(88)89)51-58(86)38-43-100-45-46-101-44-40-82-66(87)39-49-103(90,91)74-68(79)67(78)73(106(81,98)99)69(80)71(74)83-70(53-20-7-5-8-21-53)54-22-9-6-10-23-54/h5-14,20-23,26-37,57,70,83H,15-19,24-25,38-51H2,1-4H3,(H5-,81,82,87,88,89,92,93,94,95,96,97,98,99)/p+1/t57-/m1/s1. The maximum absolute atomic E-state index is 16.2. The van der Waals surface area contributed by atoms with Crippen LogP contribution in [0.4, 0.5) is 30.2 Å². The minimum Gasteiger partial charge on any atom is -0.481 e. The van der Waals surface area contributed by atoms with E-state index in [2.05, 4.69) is 84.2 Å². The lowest BCUT2D eigenvalue weighted by Crippen LogP contribution is -2.30. The van der Waals surface area contributed by atoms with Crippen molar-refractivity contribution < 1.29 is 94.2 Å². The molecule has 9 rings (SSSR count). The van der Waals surface area contributed by atoms with Crippen molar-refractivity contribution >= 4 is 80.5 Å². The Hall–Kier alpha value is -8.65. The molecule has 0 unspecified atom stereocenters. The van der Waals surface area contributed by atoms with E-state index >= 15 is 13.2 Å². The number of sulfone groups is 1. The van der Waals surface area contributed by atoms with Crippen molar-refractivity contribution in [2.75, 3.05) is 73.5 Å². The lowest BCUT2D eigenvalue weighted by atomic mass is 9.81. The molecule has 0 saturated heterocycles. The summed E-state index contributed by atoms with van der Waals surface area (Å²) in [6.07, 6.45) is 10.7. The van der Waals surface area contributed by atoms with Crippen LogP contribution >= 0.6 is 0 Å². The zero-order chi connectivity index (χ0) is 76.8. The van der Waals surface area contributed by atoms with Crippen LogP contribution in [0.25, 0.3) is 0 Å². The number of fused-ring (bicyclic) bond motifs is 2. The summed E-state index contributed by atoms with van der Waals surface area (Å²) in [5.74, 6) is -10.8. The lowest BCUT2D eigenvalue weighted by molar-refractivity contribution is -0.438. The van der Waals surface area contributed by atoms with Gasteiger partial charge in [0.2, 0.25) is 21.6 Å². The predicted molar refractivity (Wildman–Crippen MR) is 397 cm³/mol. The van der Waals surface area contributed by atoms with Crippen molar-refractivity contribution in [1.29, 1.82) is 0 Å². The summed E-state index contributed by atoms with van der Waals surface area (Å²) in [7, 11) is -18.7. The van der Waals surface area contributed by atoms with E-state index in [1.807, 2.05) is 36.4 Å². The van der Waals surface area contributed by atoms with E-state index in [4.69, 9.17) is 19.3 Å². The Balaban J connectivity index is 0.808. The van der Waals surface area contributed by atoms with Gasteiger partial charge in [-0.1, -0.05) is 129 Å². The Morgan fingerprint density at radius 3 is 1.88 bits per heavy atom. The molecule has 0 radical (unpaired) electrons. The number of Topliss-reactive ketones (excluding diaryl/α,β-unsaturated/α-hetero) is 1. The maximum Gasteiger partial charge on any atom is 0.307 e. The average Bonchev–Trinajstić information content (AvgIpc) is 1.63. The number of nitrogens with two attached hydrogens (primary N) is 1. The highest BCUT2D eigenvalue weighted by molar-refractivity contribution is 7.91. The third-order valence-corrected chi connectivity index (χ3v) is 23.2. The van der Waals surface area contributed by atoms with Crippen LogP contribution in [-0.2, 0) is 81.2 Å². The number of primary sulfonamides is 1. The summed E-state index contributed by atoms with van der Waals surface area (Å²) in [4.78, 5) is 37.5. The van der Waals surface area contributed by atoms with E-state index < -0.39 is 120 Å². The second-order valence-corrected chi connectivity index (χ2v) is 34.0. The first-order valence-corrected chi connectivity index (χ1v) is 41.2. The zero-order valence-electron chi connectivity index (χ0n) is 59.3.